The van der Waals surface area contributed by atoms with E-state index in [0.29, 0.717) is 85.0 Å². The number of pyridine rings is 1. The molecule has 74 heavy (non-hydrogen) atoms. The van der Waals surface area contributed by atoms with Crippen molar-refractivity contribution in [1.29, 1.82) is 0 Å². The lowest BCUT2D eigenvalue weighted by Crippen LogP contribution is -2.51. The number of likely N-dealkylation sites (N-methyl/N-ethyl adjacent to an activating group) is 1. The number of benzene rings is 2. The van der Waals surface area contributed by atoms with E-state index in [-0.39, 0.29) is 60.8 Å². The van der Waals surface area contributed by atoms with Gasteiger partial charge in [0.15, 0.2) is 19.3 Å². The summed E-state index contributed by atoms with van der Waals surface area (Å²) in [5.41, 5.74) is 7.01. The zero-order chi connectivity index (χ0) is 51.7. The van der Waals surface area contributed by atoms with Crippen molar-refractivity contribution >= 4 is 57.3 Å². The lowest BCUT2D eigenvalue weighted by Gasteiger charge is -2.39. The number of hydrogen-bond donors (Lipinski definition) is 2. The van der Waals surface area contributed by atoms with Gasteiger partial charge in [-0.25, -0.2) is 23.1 Å². The Morgan fingerprint density at radius 1 is 0.986 bits per heavy atom. The maximum atomic E-state index is 16.2. The fourth-order valence-electron chi connectivity index (χ4n) is 12.3. The summed E-state index contributed by atoms with van der Waals surface area (Å²) in [5, 5.41) is 20.3. The number of carbonyl (C=O) groups excluding carboxylic acids is 3. The molecule has 5 aromatic rings. The first-order chi connectivity index (χ1) is 35.6. The molecule has 3 aromatic heterocycles. The average molecular weight is 1010 g/mol. The molecule has 6 aliphatic rings. The van der Waals surface area contributed by atoms with Gasteiger partial charge in [-0.05, 0) is 107 Å². The predicted molar refractivity (Wildman–Crippen MR) is 281 cm³/mol. The minimum Gasteiger partial charge on any atom is -0.622 e. The number of halogens is 2. The van der Waals surface area contributed by atoms with Crippen LogP contribution < -0.4 is 21.0 Å². The summed E-state index contributed by atoms with van der Waals surface area (Å²) in [6.45, 7) is 12.1. The number of aryl methyl sites for hydroxylation is 2. The zero-order valence-corrected chi connectivity index (χ0v) is 43.0. The van der Waals surface area contributed by atoms with Crippen LogP contribution in [0.3, 0.4) is 0 Å². The first-order valence-electron chi connectivity index (χ1n) is 26.4. The van der Waals surface area contributed by atoms with Crippen LogP contribution in [0, 0.1) is 29.7 Å². The SMILES string of the molecule is CNC1=CC[N+]([O-])(c2ccnc3c2cc(C(C)N2CC=C(c4c(C)cc(C(=O)N5CCC(CN6CC[N+](=Cc7cc8c(cc7F)n(C7CCC(=O)NC7=O)c(=O)n8C7CC7)C[C@@H]6C)CC5)cc4F)CC2)n3C)C=C1. The zero-order valence-electron chi connectivity index (χ0n) is 43.0. The van der Waals surface area contributed by atoms with Crippen LogP contribution in [-0.4, -0.2) is 134 Å². The average Bonchev–Trinajstić information content (AvgIpc) is 4.12. The lowest BCUT2D eigenvalue weighted by atomic mass is 9.92. The second-order valence-electron chi connectivity index (χ2n) is 21.5. The van der Waals surface area contributed by atoms with Crippen molar-refractivity contribution in [2.75, 3.05) is 66.0 Å². The molecule has 4 fully saturated rings. The Morgan fingerprint density at radius 3 is 2.45 bits per heavy atom. The number of hydrogen-bond acceptors (Lipinski definition) is 9. The molecule has 4 atom stereocenters. The van der Waals surface area contributed by atoms with E-state index in [9.17, 15) is 24.4 Å². The molecule has 18 heteroatoms. The molecule has 2 N–H and O–H groups in total. The number of nitrogens with one attached hydrogen (secondary N) is 2. The topological polar surface area (TPSA) is 156 Å². The number of hydroxylamine groups is 2. The number of imidazole rings is 1. The van der Waals surface area contributed by atoms with Gasteiger partial charge >= 0.3 is 5.69 Å². The van der Waals surface area contributed by atoms with E-state index in [1.165, 1.54) is 16.7 Å². The summed E-state index contributed by atoms with van der Waals surface area (Å²) in [6, 6.07) is 9.58. The van der Waals surface area contributed by atoms with E-state index in [0.717, 1.165) is 72.3 Å². The van der Waals surface area contributed by atoms with Crippen molar-refractivity contribution in [2.45, 2.75) is 89.9 Å². The van der Waals surface area contributed by atoms with E-state index < -0.39 is 22.4 Å². The Balaban J connectivity index is 0.693. The molecule has 16 nitrogen and oxygen atoms in total. The molecule has 11 rings (SSSR count). The van der Waals surface area contributed by atoms with Crippen molar-refractivity contribution in [3.8, 4) is 0 Å². The van der Waals surface area contributed by atoms with Crippen LogP contribution in [0.4, 0.5) is 14.5 Å². The summed E-state index contributed by atoms with van der Waals surface area (Å²) < 4.78 is 38.8. The molecule has 388 valence electrons. The van der Waals surface area contributed by atoms with E-state index in [2.05, 4.69) is 60.5 Å². The van der Waals surface area contributed by atoms with Gasteiger partial charge in [0.05, 0.1) is 34.6 Å². The number of piperidine rings is 2. The third kappa shape index (κ3) is 9.13. The highest BCUT2D eigenvalue weighted by atomic mass is 19.1. The van der Waals surface area contributed by atoms with Crippen LogP contribution in [0.2, 0.25) is 0 Å². The largest absolute Gasteiger partial charge is 0.622 e. The van der Waals surface area contributed by atoms with Gasteiger partial charge in [-0.1, -0.05) is 6.08 Å². The van der Waals surface area contributed by atoms with Crippen molar-refractivity contribution in [2.24, 2.45) is 13.0 Å². The summed E-state index contributed by atoms with van der Waals surface area (Å²) >= 11 is 0. The van der Waals surface area contributed by atoms with Crippen LogP contribution in [0.15, 0.2) is 77.5 Å². The van der Waals surface area contributed by atoms with Crippen LogP contribution in [-0.2, 0) is 16.6 Å². The normalized spacial score (nSPS) is 24.4. The fourth-order valence-corrected chi connectivity index (χ4v) is 12.3. The van der Waals surface area contributed by atoms with E-state index in [1.54, 1.807) is 23.0 Å². The molecule has 5 aliphatic heterocycles. The van der Waals surface area contributed by atoms with Crippen molar-refractivity contribution < 1.29 is 27.7 Å². The second kappa shape index (κ2) is 19.6. The van der Waals surface area contributed by atoms with Crippen LogP contribution in [0.5, 0.6) is 0 Å². The molecule has 1 saturated carbocycles. The van der Waals surface area contributed by atoms with Crippen molar-refractivity contribution in [3.05, 3.63) is 128 Å². The number of rotatable bonds is 11. The van der Waals surface area contributed by atoms with Crippen LogP contribution in [0.1, 0.15) is 110 Å². The van der Waals surface area contributed by atoms with Gasteiger partial charge in [0.1, 0.15) is 41.8 Å². The third-order valence-electron chi connectivity index (χ3n) is 16.8. The van der Waals surface area contributed by atoms with Gasteiger partial charge in [0, 0.05) is 112 Å². The number of imide groups is 1. The van der Waals surface area contributed by atoms with Gasteiger partial charge in [-0.2, -0.15) is 0 Å². The summed E-state index contributed by atoms with van der Waals surface area (Å²) in [4.78, 5) is 63.7. The Hall–Kier alpha value is -6.60. The highest BCUT2D eigenvalue weighted by Crippen LogP contribution is 2.40. The molecular weight excluding hydrogens is 945 g/mol. The van der Waals surface area contributed by atoms with Gasteiger partial charge < -0.3 is 20.0 Å². The first-order valence-corrected chi connectivity index (χ1v) is 26.4. The summed E-state index contributed by atoms with van der Waals surface area (Å²) in [7, 11) is 3.83. The highest BCUT2D eigenvalue weighted by molar-refractivity contribution is 6.00. The quantitative estimate of drug-likeness (QED) is 0.0648. The van der Waals surface area contributed by atoms with E-state index >= 15 is 8.78 Å². The molecule has 1 aliphatic carbocycles. The number of fused-ring (bicyclic) bond motifs is 2. The number of nitrogens with zero attached hydrogens (tertiary/aromatic N) is 9. The summed E-state index contributed by atoms with van der Waals surface area (Å²) in [6.07, 6.45) is 15.4. The molecule has 3 unspecified atom stereocenters. The number of carbonyl (C=O) groups is 3. The van der Waals surface area contributed by atoms with Gasteiger partial charge in [0.2, 0.25) is 11.8 Å². The Kier molecular flexibility index (Phi) is 13.1. The number of quaternary nitrogens is 1. The van der Waals surface area contributed by atoms with Gasteiger partial charge in [-0.3, -0.25) is 43.3 Å². The predicted octanol–water partition coefficient (Wildman–Crippen LogP) is 6.56. The fraction of sp³-hybridized carbons (Fsp3) is 0.464. The number of likely N-dealkylation sites (tertiary alicyclic amines) is 1. The number of allylic oxidation sites excluding steroid dienone is 1. The van der Waals surface area contributed by atoms with Crippen molar-refractivity contribution in [3.63, 3.8) is 0 Å². The number of piperazine rings is 1. The molecule has 3 amide bonds. The Morgan fingerprint density at radius 2 is 1.77 bits per heavy atom. The summed E-state index contributed by atoms with van der Waals surface area (Å²) in [5.74, 6) is -1.51. The minimum atomic E-state index is -0.872. The molecule has 0 spiro atoms. The standard InChI is InChI=1S/C56H65F2N11O5/c1-34-26-39(27-45(58)52(34)38-13-20-64(21-14-38)36(3)47-29-43-50(10-17-60-53(43)62(47)5)69(74)24-15-41(59-4)16-25-69)55(72)65-18-11-37(12-19-65)32-66-23-22-63(31-35(66)2)33-40-28-48-49(30-44(40)57)68(56(73)67(48)42-6-7-42)46-8-9-51(70)61-54(46)71/h10,13,15-17,24,26-30,33,35-37,42,46,59H,6-9,11-12,14,18-23,25,31-32H2,1-5H3/p+1/t35-,36?,46?,69?/m0/s1. The highest BCUT2D eigenvalue weighted by Gasteiger charge is 2.37. The first kappa shape index (κ1) is 49.6. The minimum absolute atomic E-state index is 0.00253. The molecular formula is C56H66F2N11O5+. The number of amides is 3. The second-order valence-corrected chi connectivity index (χ2v) is 21.5. The maximum absolute atomic E-state index is 16.2. The van der Waals surface area contributed by atoms with Gasteiger partial charge in [-0.15, -0.1) is 0 Å². The molecule has 3 saturated heterocycles. The molecule has 0 radical (unpaired) electrons. The lowest BCUT2D eigenvalue weighted by molar-refractivity contribution is -0.542. The molecule has 8 heterocycles. The van der Waals surface area contributed by atoms with E-state index in [4.69, 9.17) is 0 Å². The maximum Gasteiger partial charge on any atom is 0.330 e. The molecule has 0 bridgehead atoms. The van der Waals surface area contributed by atoms with Crippen LogP contribution >= 0.6 is 0 Å². The Bertz CT molecular complexity index is 3280. The molecule has 2 aromatic carbocycles. The monoisotopic (exact) mass is 1010 g/mol. The smallest absolute Gasteiger partial charge is 0.330 e. The number of aromatic nitrogens is 4. The van der Waals surface area contributed by atoms with Crippen molar-refractivity contribution in [1.82, 2.24) is 48.7 Å². The van der Waals surface area contributed by atoms with Crippen LogP contribution in [0.25, 0.3) is 27.6 Å². The Labute approximate surface area is 429 Å². The third-order valence-corrected chi connectivity index (χ3v) is 16.8. The van der Waals surface area contributed by atoms with E-state index in [1.807, 2.05) is 56.4 Å². The van der Waals surface area contributed by atoms with Gasteiger partial charge in [0.25, 0.3) is 5.91 Å².